The summed E-state index contributed by atoms with van der Waals surface area (Å²) >= 11 is 1.67. The van der Waals surface area contributed by atoms with E-state index in [-0.39, 0.29) is 12.5 Å². The van der Waals surface area contributed by atoms with E-state index in [4.69, 9.17) is 4.74 Å². The van der Waals surface area contributed by atoms with E-state index in [9.17, 15) is 4.79 Å². The molecule has 0 bridgehead atoms. The summed E-state index contributed by atoms with van der Waals surface area (Å²) in [6.45, 7) is 4.62. The van der Waals surface area contributed by atoms with Gasteiger partial charge >= 0.3 is 0 Å². The number of hydrogen-bond acceptors (Lipinski definition) is 4. The highest BCUT2D eigenvalue weighted by atomic mass is 32.1. The van der Waals surface area contributed by atoms with Gasteiger partial charge in [0.25, 0.3) is 5.91 Å². The van der Waals surface area contributed by atoms with Crippen molar-refractivity contribution in [2.75, 3.05) is 13.2 Å². The Balaban J connectivity index is 1.46. The van der Waals surface area contributed by atoms with Crippen LogP contribution in [-0.2, 0) is 11.2 Å². The SMILES string of the molecule is Cc1cccc(OCC(=O)NCCc2nc3ccccc3s2)c1C. The fraction of sp³-hybridized carbons (Fsp3) is 0.263. The van der Waals surface area contributed by atoms with Gasteiger partial charge in [0.05, 0.1) is 15.2 Å². The van der Waals surface area contributed by atoms with Gasteiger partial charge < -0.3 is 10.1 Å². The van der Waals surface area contributed by atoms with Gasteiger partial charge in [-0.1, -0.05) is 24.3 Å². The Kier molecular flexibility index (Phi) is 5.11. The first kappa shape index (κ1) is 16.5. The number of nitrogens with one attached hydrogen (secondary N) is 1. The maximum absolute atomic E-state index is 11.9. The van der Waals surface area contributed by atoms with Crippen molar-refractivity contribution < 1.29 is 9.53 Å². The fourth-order valence-corrected chi connectivity index (χ4v) is 3.38. The van der Waals surface area contributed by atoms with Crippen molar-refractivity contribution in [1.82, 2.24) is 10.3 Å². The number of ether oxygens (including phenoxy) is 1. The Hall–Kier alpha value is -2.40. The predicted molar refractivity (Wildman–Crippen MR) is 97.7 cm³/mol. The zero-order chi connectivity index (χ0) is 16.9. The van der Waals surface area contributed by atoms with E-state index >= 15 is 0 Å². The lowest BCUT2D eigenvalue weighted by molar-refractivity contribution is -0.123. The summed E-state index contributed by atoms with van der Waals surface area (Å²) in [5.41, 5.74) is 3.24. The minimum absolute atomic E-state index is 0.0319. The van der Waals surface area contributed by atoms with E-state index in [1.807, 2.05) is 50.2 Å². The molecule has 5 heteroatoms. The number of hydrogen-bond donors (Lipinski definition) is 1. The molecule has 24 heavy (non-hydrogen) atoms. The molecule has 2 aromatic carbocycles. The van der Waals surface area contributed by atoms with E-state index in [0.717, 1.165) is 33.8 Å². The second kappa shape index (κ2) is 7.45. The van der Waals surface area contributed by atoms with Gasteiger partial charge in [0.2, 0.25) is 0 Å². The Bertz CT molecular complexity index is 824. The average Bonchev–Trinajstić information content (AvgIpc) is 2.99. The number of aryl methyl sites for hydroxylation is 1. The first-order valence-corrected chi connectivity index (χ1v) is 8.75. The van der Waals surface area contributed by atoms with E-state index in [2.05, 4.69) is 16.4 Å². The number of aromatic nitrogens is 1. The first-order chi connectivity index (χ1) is 11.6. The highest BCUT2D eigenvalue weighted by Crippen LogP contribution is 2.22. The zero-order valence-electron chi connectivity index (χ0n) is 13.8. The standard InChI is InChI=1S/C19H20N2O2S/c1-13-6-5-8-16(14(13)2)23-12-18(22)20-11-10-19-21-15-7-3-4-9-17(15)24-19/h3-9H,10-12H2,1-2H3,(H,20,22). The lowest BCUT2D eigenvalue weighted by atomic mass is 10.1. The molecule has 0 fully saturated rings. The van der Waals surface area contributed by atoms with Crippen molar-refractivity contribution in [3.63, 3.8) is 0 Å². The number of amides is 1. The highest BCUT2D eigenvalue weighted by molar-refractivity contribution is 7.18. The number of para-hydroxylation sites is 1. The summed E-state index contributed by atoms with van der Waals surface area (Å²) in [4.78, 5) is 16.5. The van der Waals surface area contributed by atoms with Gasteiger partial charge in [-0.15, -0.1) is 11.3 Å². The summed E-state index contributed by atoms with van der Waals surface area (Å²) in [6, 6.07) is 13.9. The predicted octanol–water partition coefficient (Wildman–Crippen LogP) is 3.65. The molecule has 124 valence electrons. The van der Waals surface area contributed by atoms with Gasteiger partial charge in [-0.05, 0) is 43.2 Å². The van der Waals surface area contributed by atoms with Crippen LogP contribution in [0.1, 0.15) is 16.1 Å². The molecule has 0 aliphatic heterocycles. The molecule has 0 spiro atoms. The molecule has 4 nitrogen and oxygen atoms in total. The van der Waals surface area contributed by atoms with E-state index in [0.29, 0.717) is 6.54 Å². The molecule has 1 amide bonds. The van der Waals surface area contributed by atoms with E-state index in [1.54, 1.807) is 11.3 Å². The van der Waals surface area contributed by atoms with Gasteiger partial charge in [0, 0.05) is 13.0 Å². The molecule has 3 aromatic rings. The Morgan fingerprint density at radius 2 is 2.00 bits per heavy atom. The van der Waals surface area contributed by atoms with Crippen LogP contribution < -0.4 is 10.1 Å². The molecular weight excluding hydrogens is 320 g/mol. The zero-order valence-corrected chi connectivity index (χ0v) is 14.7. The van der Waals surface area contributed by atoms with Gasteiger partial charge in [-0.3, -0.25) is 4.79 Å². The van der Waals surface area contributed by atoms with Crippen molar-refractivity contribution in [3.8, 4) is 5.75 Å². The van der Waals surface area contributed by atoms with Gasteiger partial charge in [-0.2, -0.15) is 0 Å². The average molecular weight is 340 g/mol. The summed E-state index contributed by atoms with van der Waals surface area (Å²) in [5, 5.41) is 3.92. The number of carbonyl (C=O) groups is 1. The van der Waals surface area contributed by atoms with Crippen LogP contribution in [0.15, 0.2) is 42.5 Å². The van der Waals surface area contributed by atoms with Gasteiger partial charge in [0.15, 0.2) is 6.61 Å². The number of rotatable bonds is 6. The van der Waals surface area contributed by atoms with Crippen LogP contribution >= 0.6 is 11.3 Å². The second-order valence-electron chi connectivity index (χ2n) is 5.66. The molecule has 0 saturated heterocycles. The second-order valence-corrected chi connectivity index (χ2v) is 6.78. The van der Waals surface area contributed by atoms with Gasteiger partial charge in [0.1, 0.15) is 5.75 Å². The molecule has 1 N–H and O–H groups in total. The maximum atomic E-state index is 11.9. The summed E-state index contributed by atoms with van der Waals surface area (Å²) < 4.78 is 6.78. The van der Waals surface area contributed by atoms with Gasteiger partial charge in [-0.25, -0.2) is 4.98 Å². The Labute approximate surface area is 145 Å². The third kappa shape index (κ3) is 3.92. The number of nitrogens with zero attached hydrogens (tertiary/aromatic N) is 1. The highest BCUT2D eigenvalue weighted by Gasteiger charge is 2.07. The van der Waals surface area contributed by atoms with Crippen molar-refractivity contribution in [1.29, 1.82) is 0 Å². The lowest BCUT2D eigenvalue weighted by Crippen LogP contribution is -2.30. The quantitative estimate of drug-likeness (QED) is 0.745. The van der Waals surface area contributed by atoms with Crippen LogP contribution in [0.2, 0.25) is 0 Å². The van der Waals surface area contributed by atoms with Crippen LogP contribution in [0.3, 0.4) is 0 Å². The largest absolute Gasteiger partial charge is 0.483 e. The third-order valence-corrected chi connectivity index (χ3v) is 5.01. The number of carbonyl (C=O) groups excluding carboxylic acids is 1. The minimum atomic E-state index is -0.114. The smallest absolute Gasteiger partial charge is 0.257 e. The van der Waals surface area contributed by atoms with E-state index in [1.165, 1.54) is 4.70 Å². The molecule has 1 heterocycles. The molecule has 0 unspecified atom stereocenters. The molecule has 0 atom stereocenters. The normalized spacial score (nSPS) is 10.8. The Morgan fingerprint density at radius 1 is 1.17 bits per heavy atom. The first-order valence-electron chi connectivity index (χ1n) is 7.93. The van der Waals surface area contributed by atoms with E-state index < -0.39 is 0 Å². The molecule has 0 aliphatic rings. The third-order valence-electron chi connectivity index (χ3n) is 3.91. The fourth-order valence-electron chi connectivity index (χ4n) is 2.41. The molecule has 0 saturated carbocycles. The maximum Gasteiger partial charge on any atom is 0.257 e. The van der Waals surface area contributed by atoms with Crippen LogP contribution in [0, 0.1) is 13.8 Å². The van der Waals surface area contributed by atoms with Crippen molar-refractivity contribution in [2.45, 2.75) is 20.3 Å². The van der Waals surface area contributed by atoms with Crippen molar-refractivity contribution in [2.24, 2.45) is 0 Å². The monoisotopic (exact) mass is 340 g/mol. The number of thiazole rings is 1. The van der Waals surface area contributed by atoms with Crippen molar-refractivity contribution in [3.05, 3.63) is 58.6 Å². The molecule has 1 aromatic heterocycles. The minimum Gasteiger partial charge on any atom is -0.483 e. The molecule has 0 radical (unpaired) electrons. The number of benzene rings is 2. The summed E-state index contributed by atoms with van der Waals surface area (Å²) in [5.74, 6) is 0.647. The van der Waals surface area contributed by atoms with Crippen LogP contribution in [0.5, 0.6) is 5.75 Å². The van der Waals surface area contributed by atoms with Crippen LogP contribution in [-0.4, -0.2) is 24.0 Å². The van der Waals surface area contributed by atoms with Crippen molar-refractivity contribution >= 4 is 27.5 Å². The molecular formula is C19H20N2O2S. The summed E-state index contributed by atoms with van der Waals surface area (Å²) in [6.07, 6.45) is 0.731. The van der Waals surface area contributed by atoms with Crippen LogP contribution in [0.4, 0.5) is 0 Å². The Morgan fingerprint density at radius 3 is 2.83 bits per heavy atom. The lowest BCUT2D eigenvalue weighted by Gasteiger charge is -2.10. The molecule has 3 rings (SSSR count). The topological polar surface area (TPSA) is 51.2 Å². The summed E-state index contributed by atoms with van der Waals surface area (Å²) in [7, 11) is 0. The molecule has 0 aliphatic carbocycles. The van der Waals surface area contributed by atoms with Crippen LogP contribution in [0.25, 0.3) is 10.2 Å². The number of fused-ring (bicyclic) bond motifs is 1.